The second-order valence-corrected chi connectivity index (χ2v) is 3.82. The minimum Gasteiger partial charge on any atom is -0.310 e. The Bertz CT molecular complexity index is 228. The Kier molecular flexibility index (Phi) is 3.42. The van der Waals surface area contributed by atoms with Crippen molar-refractivity contribution in [3.63, 3.8) is 0 Å². The smallest absolute Gasteiger partial charge is 0.137 e. The van der Waals surface area contributed by atoms with Gasteiger partial charge in [-0.05, 0) is 20.3 Å². The lowest BCUT2D eigenvalue weighted by molar-refractivity contribution is 0.363. The molecule has 0 spiro atoms. The van der Waals surface area contributed by atoms with Gasteiger partial charge in [0.05, 0.1) is 6.54 Å². The summed E-state index contributed by atoms with van der Waals surface area (Å²) >= 11 is 0. The van der Waals surface area contributed by atoms with E-state index in [1.807, 2.05) is 4.68 Å². The van der Waals surface area contributed by atoms with Crippen molar-refractivity contribution in [1.29, 1.82) is 0 Å². The third-order valence-electron chi connectivity index (χ3n) is 2.29. The molecule has 1 N–H and O–H groups in total. The van der Waals surface area contributed by atoms with Crippen molar-refractivity contribution in [3.05, 3.63) is 12.7 Å². The normalized spacial score (nSPS) is 11.9. The van der Waals surface area contributed by atoms with E-state index in [1.54, 1.807) is 12.7 Å². The summed E-state index contributed by atoms with van der Waals surface area (Å²) in [4.78, 5) is 3.88. The fourth-order valence-electron chi connectivity index (χ4n) is 0.982. The summed E-state index contributed by atoms with van der Waals surface area (Å²) in [5.74, 6) is 0. The van der Waals surface area contributed by atoms with Crippen LogP contribution >= 0.6 is 0 Å². The molecule has 1 aromatic heterocycles. The zero-order valence-electron chi connectivity index (χ0n) is 8.62. The van der Waals surface area contributed by atoms with Crippen molar-refractivity contribution in [1.82, 2.24) is 20.1 Å². The van der Waals surface area contributed by atoms with Gasteiger partial charge in [0, 0.05) is 12.1 Å². The quantitative estimate of drug-likeness (QED) is 0.740. The lowest BCUT2D eigenvalue weighted by Gasteiger charge is -2.24. The third-order valence-corrected chi connectivity index (χ3v) is 2.29. The van der Waals surface area contributed by atoms with Crippen LogP contribution in [0.15, 0.2) is 12.7 Å². The van der Waals surface area contributed by atoms with Crippen LogP contribution in [0.3, 0.4) is 0 Å². The Balaban J connectivity index is 2.21. The molecule has 0 atom stereocenters. The van der Waals surface area contributed by atoms with Crippen LogP contribution in [0.1, 0.15) is 27.2 Å². The van der Waals surface area contributed by atoms with Crippen molar-refractivity contribution in [3.8, 4) is 0 Å². The highest BCUT2D eigenvalue weighted by Crippen LogP contribution is 2.05. The molecule has 0 fully saturated rings. The second-order valence-electron chi connectivity index (χ2n) is 3.82. The molecule has 13 heavy (non-hydrogen) atoms. The lowest BCUT2D eigenvalue weighted by Crippen LogP contribution is -2.40. The van der Waals surface area contributed by atoms with Gasteiger partial charge in [-0.3, -0.25) is 4.68 Å². The molecule has 0 bridgehead atoms. The molecule has 1 aromatic rings. The van der Waals surface area contributed by atoms with E-state index in [9.17, 15) is 0 Å². The van der Waals surface area contributed by atoms with Gasteiger partial charge in [0.15, 0.2) is 0 Å². The van der Waals surface area contributed by atoms with E-state index < -0.39 is 0 Å². The van der Waals surface area contributed by atoms with Gasteiger partial charge in [0.2, 0.25) is 0 Å². The van der Waals surface area contributed by atoms with E-state index >= 15 is 0 Å². The lowest BCUT2D eigenvalue weighted by atomic mass is 10.0. The van der Waals surface area contributed by atoms with Crippen LogP contribution in [0.4, 0.5) is 0 Å². The summed E-state index contributed by atoms with van der Waals surface area (Å²) in [6, 6.07) is 0. The largest absolute Gasteiger partial charge is 0.310 e. The molecular weight excluding hydrogens is 164 g/mol. The van der Waals surface area contributed by atoms with Gasteiger partial charge in [-0.2, -0.15) is 5.10 Å². The van der Waals surface area contributed by atoms with Crippen molar-refractivity contribution in [2.75, 3.05) is 6.54 Å². The van der Waals surface area contributed by atoms with Crippen LogP contribution in [-0.2, 0) is 6.54 Å². The topological polar surface area (TPSA) is 42.7 Å². The molecule has 0 radical (unpaired) electrons. The van der Waals surface area contributed by atoms with Gasteiger partial charge in [-0.1, -0.05) is 6.92 Å². The predicted octanol–water partition coefficient (Wildman–Crippen LogP) is 1.06. The summed E-state index contributed by atoms with van der Waals surface area (Å²) in [7, 11) is 0. The molecule has 74 valence electrons. The first kappa shape index (κ1) is 10.2. The number of rotatable bonds is 5. The molecule has 0 aromatic carbocycles. The molecule has 0 saturated heterocycles. The maximum Gasteiger partial charge on any atom is 0.137 e. The number of aromatic nitrogens is 3. The number of hydrogen-bond donors (Lipinski definition) is 1. The van der Waals surface area contributed by atoms with Crippen LogP contribution in [0.5, 0.6) is 0 Å². The summed E-state index contributed by atoms with van der Waals surface area (Å²) < 4.78 is 1.83. The Hall–Kier alpha value is -0.900. The van der Waals surface area contributed by atoms with Crippen LogP contribution in [-0.4, -0.2) is 26.8 Å². The van der Waals surface area contributed by atoms with Crippen LogP contribution in [0.2, 0.25) is 0 Å². The maximum absolute atomic E-state index is 4.03. The van der Waals surface area contributed by atoms with E-state index in [1.165, 1.54) is 0 Å². The Morgan fingerprint density at radius 3 is 2.77 bits per heavy atom. The molecule has 1 heterocycles. The Morgan fingerprint density at radius 1 is 1.46 bits per heavy atom. The highest BCUT2D eigenvalue weighted by molar-refractivity contribution is 4.74. The summed E-state index contributed by atoms with van der Waals surface area (Å²) in [6.07, 6.45) is 4.43. The molecule has 4 nitrogen and oxygen atoms in total. The van der Waals surface area contributed by atoms with Crippen molar-refractivity contribution >= 4 is 0 Å². The van der Waals surface area contributed by atoms with Gasteiger partial charge in [0.25, 0.3) is 0 Å². The summed E-state index contributed by atoms with van der Waals surface area (Å²) in [5, 5.41) is 7.49. The van der Waals surface area contributed by atoms with Gasteiger partial charge in [-0.25, -0.2) is 4.98 Å². The minimum absolute atomic E-state index is 0.223. The maximum atomic E-state index is 4.03. The average Bonchev–Trinajstić information content (AvgIpc) is 2.57. The fraction of sp³-hybridized carbons (Fsp3) is 0.778. The molecule has 1 rings (SSSR count). The van der Waals surface area contributed by atoms with Gasteiger partial charge >= 0.3 is 0 Å². The first-order valence-corrected chi connectivity index (χ1v) is 4.71. The zero-order chi connectivity index (χ0) is 9.73. The molecule has 0 unspecified atom stereocenters. The van der Waals surface area contributed by atoms with Gasteiger partial charge in [0.1, 0.15) is 12.7 Å². The average molecular weight is 182 g/mol. The van der Waals surface area contributed by atoms with E-state index in [4.69, 9.17) is 0 Å². The predicted molar refractivity (Wildman–Crippen MR) is 52.4 cm³/mol. The number of nitrogens with one attached hydrogen (secondary N) is 1. The summed E-state index contributed by atoms with van der Waals surface area (Å²) in [5.41, 5.74) is 0.223. The molecule has 4 heteroatoms. The second kappa shape index (κ2) is 4.37. The monoisotopic (exact) mass is 182 g/mol. The Labute approximate surface area is 79.4 Å². The molecule has 0 amide bonds. The minimum atomic E-state index is 0.223. The first-order chi connectivity index (χ1) is 6.14. The SMILES string of the molecule is CCC(C)(C)NCCn1cncn1. The summed E-state index contributed by atoms with van der Waals surface area (Å²) in [6.45, 7) is 8.40. The fourth-order valence-corrected chi connectivity index (χ4v) is 0.982. The van der Waals surface area contributed by atoms with Gasteiger partial charge in [-0.15, -0.1) is 0 Å². The van der Waals surface area contributed by atoms with E-state index in [2.05, 4.69) is 36.2 Å². The zero-order valence-corrected chi connectivity index (χ0v) is 8.62. The van der Waals surface area contributed by atoms with E-state index in [-0.39, 0.29) is 5.54 Å². The van der Waals surface area contributed by atoms with Gasteiger partial charge < -0.3 is 5.32 Å². The molecule has 0 aliphatic heterocycles. The number of nitrogens with zero attached hydrogens (tertiary/aromatic N) is 3. The Morgan fingerprint density at radius 2 is 2.23 bits per heavy atom. The third kappa shape index (κ3) is 3.55. The van der Waals surface area contributed by atoms with Crippen LogP contribution in [0, 0.1) is 0 Å². The van der Waals surface area contributed by atoms with Crippen molar-refractivity contribution < 1.29 is 0 Å². The molecule has 0 aliphatic rings. The van der Waals surface area contributed by atoms with Crippen LogP contribution in [0.25, 0.3) is 0 Å². The van der Waals surface area contributed by atoms with E-state index in [0.29, 0.717) is 0 Å². The molecular formula is C9H18N4. The molecule has 0 saturated carbocycles. The molecule has 0 aliphatic carbocycles. The number of hydrogen-bond acceptors (Lipinski definition) is 3. The van der Waals surface area contributed by atoms with Crippen molar-refractivity contribution in [2.24, 2.45) is 0 Å². The first-order valence-electron chi connectivity index (χ1n) is 4.71. The van der Waals surface area contributed by atoms with Crippen LogP contribution < -0.4 is 5.32 Å². The highest BCUT2D eigenvalue weighted by atomic mass is 15.3. The highest BCUT2D eigenvalue weighted by Gasteiger charge is 2.12. The van der Waals surface area contributed by atoms with E-state index in [0.717, 1.165) is 19.5 Å². The van der Waals surface area contributed by atoms with Crippen molar-refractivity contribution in [2.45, 2.75) is 39.3 Å². The standard InChI is InChI=1S/C9H18N4/c1-4-9(2,3)11-5-6-13-8-10-7-12-13/h7-8,11H,4-6H2,1-3H3.